The molecule has 2 aliphatic heterocycles. The molecule has 32 heavy (non-hydrogen) atoms. The Bertz CT molecular complexity index is 709. The molecule has 0 amide bonds. The van der Waals surface area contributed by atoms with Gasteiger partial charge in [0.2, 0.25) is 0 Å². The molecule has 0 saturated heterocycles. The molecule has 0 N–H and O–H groups in total. The molecule has 2 heteroatoms. The summed E-state index contributed by atoms with van der Waals surface area (Å²) in [5, 5.41) is 0. The van der Waals surface area contributed by atoms with Crippen molar-refractivity contribution in [3.8, 4) is 0 Å². The van der Waals surface area contributed by atoms with Gasteiger partial charge in [-0.25, -0.2) is 0 Å². The first kappa shape index (κ1) is 27.1. The van der Waals surface area contributed by atoms with Gasteiger partial charge in [0.15, 0.2) is 0 Å². The van der Waals surface area contributed by atoms with E-state index in [0.717, 1.165) is 39.3 Å². The van der Waals surface area contributed by atoms with Gasteiger partial charge in [0.05, 0.1) is 0 Å². The smallest absolute Gasteiger partial charge is 0.0205 e. The Hall–Kier alpha value is -1.12. The molecule has 0 fully saturated rings. The highest BCUT2D eigenvalue weighted by Gasteiger charge is 2.28. The lowest BCUT2D eigenvalue weighted by Crippen LogP contribution is -2.38. The van der Waals surface area contributed by atoms with Crippen LogP contribution in [0, 0.1) is 21.7 Å². The zero-order valence-electron chi connectivity index (χ0n) is 23.4. The fraction of sp³-hybridized carbons (Fsp3) is 0.733. The maximum absolute atomic E-state index is 2.65. The van der Waals surface area contributed by atoms with Crippen LogP contribution in [0.3, 0.4) is 0 Å². The van der Waals surface area contributed by atoms with Crippen LogP contribution in [0.2, 0.25) is 0 Å². The first-order chi connectivity index (χ1) is 14.4. The molecule has 0 aromatic carbocycles. The Balaban J connectivity index is 2.18. The Kier molecular flexibility index (Phi) is 8.16. The highest BCUT2D eigenvalue weighted by molar-refractivity contribution is 5.35. The van der Waals surface area contributed by atoms with Gasteiger partial charge in [-0.3, -0.25) is 9.80 Å². The summed E-state index contributed by atoms with van der Waals surface area (Å²) >= 11 is 0. The highest BCUT2D eigenvalue weighted by atomic mass is 15.2. The van der Waals surface area contributed by atoms with Crippen molar-refractivity contribution in [2.24, 2.45) is 21.7 Å². The standard InChI is InChI=1S/C30H52N2/c1-27(2,3)23-13-15-31(21-25(19-23)29(7,8)9)17-18-32-16-14-24(28(4,5)6)20-26(22-32)30(10,11)12/h13-14,19-20H,15-18,21-22H2,1-12H3. The normalized spacial score (nSPS) is 20.8. The maximum Gasteiger partial charge on any atom is 0.0205 e. The van der Waals surface area contributed by atoms with Gasteiger partial charge in [0.25, 0.3) is 0 Å². The molecule has 2 rings (SSSR count). The summed E-state index contributed by atoms with van der Waals surface area (Å²) in [5.41, 5.74) is 6.85. The SMILES string of the molecule is CC(C)(C)C1=CCN(CCN2CC=C(C(C)(C)C)C=C(C(C)(C)C)C2)CC(C(C)(C)C)=C1. The third-order valence-corrected chi connectivity index (χ3v) is 6.98. The van der Waals surface area contributed by atoms with E-state index >= 15 is 0 Å². The van der Waals surface area contributed by atoms with E-state index in [-0.39, 0.29) is 21.7 Å². The summed E-state index contributed by atoms with van der Waals surface area (Å²) in [5.74, 6) is 0. The molecule has 0 aromatic rings. The molecule has 182 valence electrons. The monoisotopic (exact) mass is 440 g/mol. The lowest BCUT2D eigenvalue weighted by molar-refractivity contribution is 0.234. The second kappa shape index (κ2) is 9.63. The van der Waals surface area contributed by atoms with Crippen molar-refractivity contribution in [3.63, 3.8) is 0 Å². The third kappa shape index (κ3) is 7.73. The molecule has 2 aliphatic rings. The molecule has 2 nitrogen and oxygen atoms in total. The van der Waals surface area contributed by atoms with Crippen LogP contribution in [-0.2, 0) is 0 Å². The fourth-order valence-electron chi connectivity index (χ4n) is 4.23. The fourth-order valence-corrected chi connectivity index (χ4v) is 4.23. The minimum Gasteiger partial charge on any atom is -0.294 e. The van der Waals surface area contributed by atoms with E-state index in [2.05, 4.69) is 117 Å². The van der Waals surface area contributed by atoms with Crippen molar-refractivity contribution in [2.45, 2.75) is 83.1 Å². The van der Waals surface area contributed by atoms with Crippen molar-refractivity contribution >= 4 is 0 Å². The Morgan fingerprint density at radius 2 is 0.844 bits per heavy atom. The Morgan fingerprint density at radius 1 is 0.531 bits per heavy atom. The molecule has 0 aliphatic carbocycles. The first-order valence-electron chi connectivity index (χ1n) is 12.7. The zero-order valence-corrected chi connectivity index (χ0v) is 23.4. The van der Waals surface area contributed by atoms with Gasteiger partial charge in [0, 0.05) is 39.3 Å². The second-order valence-electron chi connectivity index (χ2n) is 14.1. The summed E-state index contributed by atoms with van der Waals surface area (Å²) in [6.07, 6.45) is 9.92. The second-order valence-corrected chi connectivity index (χ2v) is 14.1. The summed E-state index contributed by atoms with van der Waals surface area (Å²) in [6, 6.07) is 0. The molecule has 2 heterocycles. The topological polar surface area (TPSA) is 6.48 Å². The van der Waals surface area contributed by atoms with Crippen molar-refractivity contribution in [3.05, 3.63) is 46.6 Å². The molecule has 0 unspecified atom stereocenters. The van der Waals surface area contributed by atoms with E-state index in [1.54, 1.807) is 11.1 Å². The van der Waals surface area contributed by atoms with Gasteiger partial charge in [-0.2, -0.15) is 0 Å². The van der Waals surface area contributed by atoms with Crippen LogP contribution in [0.5, 0.6) is 0 Å². The van der Waals surface area contributed by atoms with Crippen LogP contribution in [0.1, 0.15) is 83.1 Å². The average molecular weight is 441 g/mol. The predicted molar refractivity (Wildman–Crippen MR) is 143 cm³/mol. The number of rotatable bonds is 3. The van der Waals surface area contributed by atoms with Crippen molar-refractivity contribution in [1.82, 2.24) is 9.80 Å². The quantitative estimate of drug-likeness (QED) is 0.448. The Labute approximate surface area is 200 Å². The van der Waals surface area contributed by atoms with Gasteiger partial charge < -0.3 is 0 Å². The van der Waals surface area contributed by atoms with Crippen molar-refractivity contribution in [1.29, 1.82) is 0 Å². The van der Waals surface area contributed by atoms with Gasteiger partial charge in [-0.05, 0) is 32.8 Å². The first-order valence-corrected chi connectivity index (χ1v) is 12.7. The van der Waals surface area contributed by atoms with Crippen LogP contribution in [0.15, 0.2) is 46.6 Å². The molecule has 0 saturated carbocycles. The minimum absolute atomic E-state index is 0.192. The van der Waals surface area contributed by atoms with E-state index in [0.29, 0.717) is 0 Å². The molecule has 0 bridgehead atoms. The van der Waals surface area contributed by atoms with E-state index in [1.807, 2.05) is 0 Å². The third-order valence-electron chi connectivity index (χ3n) is 6.98. The number of nitrogens with zero attached hydrogens (tertiary/aromatic N) is 2. The molecule has 0 atom stereocenters. The summed E-state index contributed by atoms with van der Waals surface area (Å²) in [7, 11) is 0. The highest BCUT2D eigenvalue weighted by Crippen LogP contribution is 2.36. The van der Waals surface area contributed by atoms with Gasteiger partial charge in [0.1, 0.15) is 0 Å². The molecule has 0 spiro atoms. The predicted octanol–water partition coefficient (Wildman–Crippen LogP) is 7.51. The summed E-state index contributed by atoms with van der Waals surface area (Å²) in [6.45, 7) is 34.6. The van der Waals surface area contributed by atoms with Crippen LogP contribution < -0.4 is 0 Å². The van der Waals surface area contributed by atoms with Crippen LogP contribution in [0.4, 0.5) is 0 Å². The number of hydrogen-bond donors (Lipinski definition) is 0. The summed E-state index contributed by atoms with van der Waals surface area (Å²) in [4.78, 5) is 5.30. The largest absolute Gasteiger partial charge is 0.294 e. The van der Waals surface area contributed by atoms with Crippen LogP contribution in [-0.4, -0.2) is 49.1 Å². The van der Waals surface area contributed by atoms with E-state index in [9.17, 15) is 0 Å². The van der Waals surface area contributed by atoms with Crippen molar-refractivity contribution in [2.75, 3.05) is 39.3 Å². The van der Waals surface area contributed by atoms with Gasteiger partial charge in [-0.15, -0.1) is 0 Å². The van der Waals surface area contributed by atoms with E-state index in [4.69, 9.17) is 0 Å². The van der Waals surface area contributed by atoms with E-state index < -0.39 is 0 Å². The van der Waals surface area contributed by atoms with Crippen LogP contribution in [0.25, 0.3) is 0 Å². The van der Waals surface area contributed by atoms with Crippen molar-refractivity contribution < 1.29 is 0 Å². The average Bonchev–Trinajstić information content (AvgIpc) is 2.95. The lowest BCUT2D eigenvalue weighted by atomic mass is 9.80. The zero-order chi connectivity index (χ0) is 24.5. The van der Waals surface area contributed by atoms with Gasteiger partial charge >= 0.3 is 0 Å². The Morgan fingerprint density at radius 3 is 1.09 bits per heavy atom. The number of hydrogen-bond acceptors (Lipinski definition) is 2. The molecule has 0 aromatic heterocycles. The minimum atomic E-state index is 0.192. The lowest BCUT2D eigenvalue weighted by Gasteiger charge is -2.32. The van der Waals surface area contributed by atoms with E-state index in [1.165, 1.54) is 11.1 Å². The van der Waals surface area contributed by atoms with Gasteiger partial charge in [-0.1, -0.05) is 119 Å². The van der Waals surface area contributed by atoms with Crippen LogP contribution >= 0.6 is 0 Å². The number of allylic oxidation sites excluding steroid dienone is 4. The molecular formula is C30H52N2. The molecular weight excluding hydrogens is 388 g/mol. The summed E-state index contributed by atoms with van der Waals surface area (Å²) < 4.78 is 0. The maximum atomic E-state index is 2.65. The molecule has 0 radical (unpaired) electrons.